The average Bonchev–Trinajstić information content (AvgIpc) is 3.34. The maximum absolute atomic E-state index is 2.36. The van der Waals surface area contributed by atoms with Gasteiger partial charge in [-0.3, -0.25) is 0 Å². The number of hydrogen-bond acceptors (Lipinski definition) is 0. The van der Waals surface area contributed by atoms with E-state index in [1.807, 2.05) is 0 Å². The molecular weight excluding hydrogens is 862 g/mol. The van der Waals surface area contributed by atoms with E-state index in [9.17, 15) is 0 Å². The molecule has 10 aromatic carbocycles. The number of benzene rings is 10. The Kier molecular flexibility index (Phi) is 13.2. The van der Waals surface area contributed by atoms with E-state index < -0.39 is 0 Å². The second-order valence-electron chi connectivity index (χ2n) is 21.2. The van der Waals surface area contributed by atoms with Crippen molar-refractivity contribution in [2.45, 2.75) is 83.1 Å². The van der Waals surface area contributed by atoms with E-state index in [4.69, 9.17) is 0 Å². The molecule has 0 aliphatic carbocycles. The van der Waals surface area contributed by atoms with E-state index in [0.717, 1.165) is 0 Å². The van der Waals surface area contributed by atoms with Crippen molar-refractivity contribution >= 4 is 57.0 Å². The first-order valence-electron chi connectivity index (χ1n) is 25.9. The predicted octanol–water partition coefficient (Wildman–Crippen LogP) is 14.2. The van der Waals surface area contributed by atoms with Gasteiger partial charge in [0, 0.05) is 0 Å². The molecule has 0 radical (unpaired) electrons. The monoisotopic (exact) mass is 929 g/mol. The van der Waals surface area contributed by atoms with Crippen molar-refractivity contribution in [2.75, 3.05) is 0 Å². The zero-order valence-corrected chi connectivity index (χ0v) is 44.5. The molecular formula is C70H66B2. The first kappa shape index (κ1) is 48.2. The minimum Gasteiger partial charge on any atom is -0.0686 e. The van der Waals surface area contributed by atoms with Crippen molar-refractivity contribution < 1.29 is 0 Å². The molecule has 72 heavy (non-hydrogen) atoms. The molecule has 10 aromatic rings. The lowest BCUT2D eigenvalue weighted by atomic mass is 9.34. The third kappa shape index (κ3) is 9.21. The van der Waals surface area contributed by atoms with Crippen LogP contribution < -0.4 is 32.8 Å². The number of aryl methyl sites for hydroxylation is 12. The van der Waals surface area contributed by atoms with Crippen LogP contribution >= 0.6 is 0 Å². The topological polar surface area (TPSA) is 0 Å². The number of fused-ring (bicyclic) bond motifs is 1. The molecule has 10 rings (SSSR count). The molecule has 352 valence electrons. The Balaban J connectivity index is 0.942. The van der Waals surface area contributed by atoms with Crippen molar-refractivity contribution in [2.24, 2.45) is 0 Å². The molecule has 0 fully saturated rings. The summed E-state index contributed by atoms with van der Waals surface area (Å²) in [7, 11) is 0. The van der Waals surface area contributed by atoms with Gasteiger partial charge in [0.15, 0.2) is 0 Å². The number of hydrogen-bond donors (Lipinski definition) is 0. The average molecular weight is 929 g/mol. The fraction of sp³-hybridized carbons (Fsp3) is 0.171. The lowest BCUT2D eigenvalue weighted by Gasteiger charge is -2.24. The molecule has 0 unspecified atom stereocenters. The second kappa shape index (κ2) is 19.7. The van der Waals surface area contributed by atoms with Crippen LogP contribution in [0.1, 0.15) is 66.8 Å². The van der Waals surface area contributed by atoms with Gasteiger partial charge in [-0.15, -0.1) is 0 Å². The maximum atomic E-state index is 2.36. The van der Waals surface area contributed by atoms with Crippen LogP contribution in [0.25, 0.3) is 55.3 Å². The van der Waals surface area contributed by atoms with Crippen LogP contribution in [0.4, 0.5) is 0 Å². The summed E-state index contributed by atoms with van der Waals surface area (Å²) in [5.74, 6) is 0. The molecule has 0 aliphatic heterocycles. The Hall–Kier alpha value is -7.41. The molecule has 0 aromatic heterocycles. The maximum Gasteiger partial charge on any atom is 0.242 e. The van der Waals surface area contributed by atoms with Crippen molar-refractivity contribution in [3.8, 4) is 44.5 Å². The highest BCUT2D eigenvalue weighted by molar-refractivity contribution is 6.97. The van der Waals surface area contributed by atoms with Crippen LogP contribution in [-0.4, -0.2) is 13.4 Å². The van der Waals surface area contributed by atoms with Crippen LogP contribution in [0.15, 0.2) is 182 Å². The lowest BCUT2D eigenvalue weighted by Crippen LogP contribution is -2.55. The van der Waals surface area contributed by atoms with Gasteiger partial charge >= 0.3 is 0 Å². The first-order valence-corrected chi connectivity index (χ1v) is 25.9. The van der Waals surface area contributed by atoms with E-state index in [1.54, 1.807) is 0 Å². The van der Waals surface area contributed by atoms with E-state index in [0.29, 0.717) is 0 Å². The van der Waals surface area contributed by atoms with Gasteiger partial charge in [-0.1, -0.05) is 282 Å². The normalized spacial score (nSPS) is 11.3. The second-order valence-corrected chi connectivity index (χ2v) is 21.2. The summed E-state index contributed by atoms with van der Waals surface area (Å²) in [6.07, 6.45) is 0. The molecule has 0 heterocycles. The summed E-state index contributed by atoms with van der Waals surface area (Å²) < 4.78 is 0. The molecule has 0 saturated carbocycles. The van der Waals surface area contributed by atoms with E-state index >= 15 is 0 Å². The lowest BCUT2D eigenvalue weighted by molar-refractivity contribution is 1.34. The van der Waals surface area contributed by atoms with Gasteiger partial charge in [0.1, 0.15) is 0 Å². The zero-order valence-electron chi connectivity index (χ0n) is 44.5. The Bertz CT molecular complexity index is 3220. The molecule has 0 aliphatic rings. The minimum absolute atomic E-state index is 0.154. The van der Waals surface area contributed by atoms with E-state index in [-0.39, 0.29) is 13.4 Å². The number of rotatable bonds is 10. The quantitative estimate of drug-likeness (QED) is 0.120. The van der Waals surface area contributed by atoms with E-state index in [1.165, 1.54) is 155 Å². The van der Waals surface area contributed by atoms with Gasteiger partial charge in [0.05, 0.1) is 0 Å². The minimum atomic E-state index is 0.154. The molecule has 0 saturated heterocycles. The highest BCUT2D eigenvalue weighted by atomic mass is 14.2. The highest BCUT2D eigenvalue weighted by Crippen LogP contribution is 2.38. The Morgan fingerprint density at radius 1 is 0.236 bits per heavy atom. The summed E-state index contributed by atoms with van der Waals surface area (Å²) in [6.45, 7) is 27.4. The SMILES string of the molecule is Cc1cc(C)c(B(c2ccc(-c3ccc(-c4cccc5cccc(-c6ccc(-c7ccc(B(c8c(C)cc(C)cc8C)c8c(C)cc(C)cc8C)cc7)cc6)c45)cc3)cc2)c2c(C)cc(C)cc2C)c(C)c1. The van der Waals surface area contributed by atoms with Crippen LogP contribution in [0.2, 0.25) is 0 Å². The zero-order chi connectivity index (χ0) is 50.5. The molecule has 0 nitrogen and oxygen atoms in total. The summed E-state index contributed by atoms with van der Waals surface area (Å²) >= 11 is 0. The molecule has 2 heteroatoms. The molecule has 0 N–H and O–H groups in total. The fourth-order valence-corrected chi connectivity index (χ4v) is 12.8. The predicted molar refractivity (Wildman–Crippen MR) is 318 cm³/mol. The Morgan fingerprint density at radius 2 is 0.458 bits per heavy atom. The van der Waals surface area contributed by atoms with E-state index in [2.05, 4.69) is 265 Å². The Morgan fingerprint density at radius 3 is 0.708 bits per heavy atom. The van der Waals surface area contributed by atoms with Gasteiger partial charge in [-0.05, 0) is 138 Å². The fourth-order valence-electron chi connectivity index (χ4n) is 12.8. The van der Waals surface area contributed by atoms with Crippen molar-refractivity contribution in [1.82, 2.24) is 0 Å². The summed E-state index contributed by atoms with van der Waals surface area (Å²) in [4.78, 5) is 0. The van der Waals surface area contributed by atoms with Crippen LogP contribution in [0, 0.1) is 83.1 Å². The van der Waals surface area contributed by atoms with Gasteiger partial charge in [-0.25, -0.2) is 0 Å². The molecule has 0 bridgehead atoms. The molecule has 0 atom stereocenters. The highest BCUT2D eigenvalue weighted by Gasteiger charge is 2.30. The van der Waals surface area contributed by atoms with Crippen molar-refractivity contribution in [1.29, 1.82) is 0 Å². The van der Waals surface area contributed by atoms with Gasteiger partial charge in [-0.2, -0.15) is 0 Å². The third-order valence-electron chi connectivity index (χ3n) is 15.6. The molecule has 0 amide bonds. The van der Waals surface area contributed by atoms with Crippen LogP contribution in [-0.2, 0) is 0 Å². The van der Waals surface area contributed by atoms with Crippen LogP contribution in [0.3, 0.4) is 0 Å². The Labute approximate surface area is 431 Å². The third-order valence-corrected chi connectivity index (χ3v) is 15.6. The van der Waals surface area contributed by atoms with Gasteiger partial charge < -0.3 is 0 Å². The summed E-state index contributed by atoms with van der Waals surface area (Å²) in [5.41, 5.74) is 34.2. The van der Waals surface area contributed by atoms with Crippen LogP contribution in [0.5, 0.6) is 0 Å². The summed E-state index contributed by atoms with van der Waals surface area (Å²) in [5, 5.41) is 2.52. The standard InChI is InChI=1S/C70H66B2/c1-43-35-47(5)67(48(6)36-43)71(68-49(7)37-44(2)38-50(68)8)62-31-27-57(28-32-62)55-19-23-59(24-20-55)64-17-13-15-61-16-14-18-65(66(61)64)60-25-21-56(22-26-60)58-29-33-63(34-30-58)72(69-51(9)39-45(3)40-52(69)10)70-53(11)41-46(4)42-54(70)12/h13-42H,1-12H3. The largest absolute Gasteiger partial charge is 0.242 e. The smallest absolute Gasteiger partial charge is 0.0686 e. The molecule has 0 spiro atoms. The van der Waals surface area contributed by atoms with Crippen molar-refractivity contribution in [3.05, 3.63) is 249 Å². The van der Waals surface area contributed by atoms with Gasteiger partial charge in [0.25, 0.3) is 0 Å². The van der Waals surface area contributed by atoms with Gasteiger partial charge in [0.2, 0.25) is 13.4 Å². The summed E-state index contributed by atoms with van der Waals surface area (Å²) in [6, 6.07) is 69.3. The van der Waals surface area contributed by atoms with Crippen molar-refractivity contribution in [3.63, 3.8) is 0 Å². The first-order chi connectivity index (χ1) is 34.6.